The van der Waals surface area contributed by atoms with Crippen molar-refractivity contribution >= 4 is 23.3 Å². The minimum Gasteiger partial charge on any atom is -0.454 e. The summed E-state index contributed by atoms with van der Waals surface area (Å²) in [6, 6.07) is 16.6. The molecular formula is C24H24N2O4. The first-order valence-electron chi connectivity index (χ1n) is 9.61. The monoisotopic (exact) mass is 404 g/mol. The van der Waals surface area contributed by atoms with Crippen molar-refractivity contribution in [3.63, 3.8) is 0 Å². The van der Waals surface area contributed by atoms with E-state index in [4.69, 9.17) is 4.74 Å². The number of carbonyl (C=O) groups excluding carboxylic acids is 3. The summed E-state index contributed by atoms with van der Waals surface area (Å²) in [5.41, 5.74) is 4.52. The molecule has 2 aromatic carbocycles. The molecule has 3 rings (SSSR count). The molecule has 1 heterocycles. The maximum atomic E-state index is 12.8. The summed E-state index contributed by atoms with van der Waals surface area (Å²) in [4.78, 5) is 36.8. The number of ketones is 1. The quantitative estimate of drug-likeness (QED) is 0.488. The van der Waals surface area contributed by atoms with Crippen molar-refractivity contribution in [1.29, 1.82) is 0 Å². The molecule has 0 aliphatic rings. The van der Waals surface area contributed by atoms with Gasteiger partial charge in [-0.25, -0.2) is 4.79 Å². The number of ether oxygens (including phenoxy) is 1. The Hall–Kier alpha value is -3.67. The lowest BCUT2D eigenvalue weighted by atomic mass is 10.1. The average Bonchev–Trinajstić information content (AvgIpc) is 3.02. The number of hydrogen-bond donors (Lipinski definition) is 1. The number of hydrogen-bond acceptors (Lipinski definition) is 4. The van der Waals surface area contributed by atoms with Crippen LogP contribution in [0.1, 0.15) is 44.6 Å². The van der Waals surface area contributed by atoms with Gasteiger partial charge in [0, 0.05) is 29.6 Å². The zero-order chi connectivity index (χ0) is 21.8. The molecule has 154 valence electrons. The number of aromatic nitrogens is 1. The summed E-state index contributed by atoms with van der Waals surface area (Å²) in [6.07, 6.45) is 0. The molecule has 0 bridgehead atoms. The van der Waals surface area contributed by atoms with Crippen LogP contribution in [0.15, 0.2) is 54.6 Å². The van der Waals surface area contributed by atoms with Crippen LogP contribution >= 0.6 is 0 Å². The molecule has 1 aromatic heterocycles. The zero-order valence-electron chi connectivity index (χ0n) is 17.5. The minimum atomic E-state index is -0.660. The average molecular weight is 404 g/mol. The second-order valence-corrected chi connectivity index (χ2v) is 7.13. The van der Waals surface area contributed by atoms with Crippen LogP contribution in [-0.4, -0.2) is 28.8 Å². The normalized spacial score (nSPS) is 10.5. The second kappa shape index (κ2) is 8.78. The third-order valence-corrected chi connectivity index (χ3v) is 4.87. The van der Waals surface area contributed by atoms with E-state index in [1.54, 1.807) is 31.2 Å². The van der Waals surface area contributed by atoms with Gasteiger partial charge < -0.3 is 14.6 Å². The highest BCUT2D eigenvalue weighted by molar-refractivity contribution is 6.04. The van der Waals surface area contributed by atoms with Crippen LogP contribution in [0.3, 0.4) is 0 Å². The third-order valence-electron chi connectivity index (χ3n) is 4.87. The van der Waals surface area contributed by atoms with E-state index in [2.05, 4.69) is 5.32 Å². The predicted octanol–water partition coefficient (Wildman–Crippen LogP) is 4.40. The number of benzene rings is 2. The number of rotatable bonds is 6. The van der Waals surface area contributed by atoms with E-state index >= 15 is 0 Å². The van der Waals surface area contributed by atoms with Crippen LogP contribution in [0.25, 0.3) is 5.69 Å². The number of para-hydroxylation sites is 2. The molecule has 0 atom stereocenters. The van der Waals surface area contributed by atoms with E-state index in [0.717, 1.165) is 22.6 Å². The van der Waals surface area contributed by atoms with Crippen LogP contribution in [-0.2, 0) is 9.53 Å². The van der Waals surface area contributed by atoms with Crippen molar-refractivity contribution < 1.29 is 19.1 Å². The Bertz CT molecular complexity index is 1110. The Morgan fingerprint density at radius 1 is 0.933 bits per heavy atom. The molecule has 0 saturated heterocycles. The Morgan fingerprint density at radius 2 is 1.63 bits per heavy atom. The van der Waals surface area contributed by atoms with Gasteiger partial charge in [-0.15, -0.1) is 0 Å². The fourth-order valence-electron chi connectivity index (χ4n) is 3.49. The van der Waals surface area contributed by atoms with Gasteiger partial charge in [0.05, 0.1) is 11.3 Å². The summed E-state index contributed by atoms with van der Waals surface area (Å²) < 4.78 is 7.27. The lowest BCUT2D eigenvalue weighted by Gasteiger charge is -2.12. The molecule has 0 spiro atoms. The first-order chi connectivity index (χ1) is 14.3. The molecule has 30 heavy (non-hydrogen) atoms. The topological polar surface area (TPSA) is 77.4 Å². The molecular weight excluding hydrogens is 380 g/mol. The van der Waals surface area contributed by atoms with Crippen LogP contribution in [0.2, 0.25) is 0 Å². The van der Waals surface area contributed by atoms with E-state index in [-0.39, 0.29) is 23.9 Å². The number of esters is 1. The molecule has 0 aliphatic carbocycles. The maximum absolute atomic E-state index is 12.8. The maximum Gasteiger partial charge on any atom is 0.340 e. The summed E-state index contributed by atoms with van der Waals surface area (Å²) in [5, 5.41) is 2.65. The fourth-order valence-corrected chi connectivity index (χ4v) is 3.49. The molecule has 0 unspecified atom stereocenters. The second-order valence-electron chi connectivity index (χ2n) is 7.13. The van der Waals surface area contributed by atoms with Gasteiger partial charge in [0.1, 0.15) is 0 Å². The summed E-state index contributed by atoms with van der Waals surface area (Å²) in [6.45, 7) is 6.56. The van der Waals surface area contributed by atoms with Gasteiger partial charge in [-0.3, -0.25) is 9.59 Å². The van der Waals surface area contributed by atoms with E-state index in [0.29, 0.717) is 11.3 Å². The predicted molar refractivity (Wildman–Crippen MR) is 115 cm³/mol. The fraction of sp³-hybridized carbons (Fsp3) is 0.208. The molecule has 6 heteroatoms. The Labute approximate surface area is 175 Å². The Kier molecular flexibility index (Phi) is 6.16. The van der Waals surface area contributed by atoms with E-state index < -0.39 is 5.97 Å². The van der Waals surface area contributed by atoms with Crippen LogP contribution in [0.5, 0.6) is 0 Å². The van der Waals surface area contributed by atoms with Gasteiger partial charge >= 0.3 is 5.97 Å². The lowest BCUT2D eigenvalue weighted by molar-refractivity contribution is -0.114. The zero-order valence-corrected chi connectivity index (χ0v) is 17.5. The molecule has 0 fully saturated rings. The third kappa shape index (κ3) is 4.33. The molecule has 3 aromatic rings. The summed E-state index contributed by atoms with van der Waals surface area (Å²) >= 11 is 0. The highest BCUT2D eigenvalue weighted by Crippen LogP contribution is 2.23. The number of aryl methyl sites for hydroxylation is 2. The first kappa shape index (κ1) is 21.0. The van der Waals surface area contributed by atoms with Crippen molar-refractivity contribution in [2.45, 2.75) is 27.7 Å². The van der Waals surface area contributed by atoms with E-state index in [1.165, 1.54) is 6.92 Å². The van der Waals surface area contributed by atoms with Gasteiger partial charge in [0.2, 0.25) is 11.7 Å². The standard InChI is InChI=1S/C24H24N2O4/c1-15-9-8-12-20(23(15)25-18(4)27)24(29)30-14-22(28)21-13-16(2)26(17(21)3)19-10-6-5-7-11-19/h5-13H,14H2,1-4H3,(H,25,27). The molecule has 1 N–H and O–H groups in total. The van der Waals surface area contributed by atoms with Crippen molar-refractivity contribution in [1.82, 2.24) is 4.57 Å². The Balaban J connectivity index is 1.78. The number of amides is 1. The molecule has 1 amide bonds. The van der Waals surface area contributed by atoms with Crippen molar-refractivity contribution in [3.8, 4) is 5.69 Å². The number of nitrogens with one attached hydrogen (secondary N) is 1. The largest absolute Gasteiger partial charge is 0.454 e. The first-order valence-corrected chi connectivity index (χ1v) is 9.61. The Morgan fingerprint density at radius 3 is 2.30 bits per heavy atom. The van der Waals surface area contributed by atoms with Gasteiger partial charge in [-0.1, -0.05) is 30.3 Å². The van der Waals surface area contributed by atoms with Gasteiger partial charge in [0.15, 0.2) is 6.61 Å². The van der Waals surface area contributed by atoms with E-state index in [9.17, 15) is 14.4 Å². The lowest BCUT2D eigenvalue weighted by Crippen LogP contribution is -2.18. The number of carbonyl (C=O) groups is 3. The number of nitrogens with zero attached hydrogens (tertiary/aromatic N) is 1. The molecule has 6 nitrogen and oxygen atoms in total. The summed E-state index contributed by atoms with van der Waals surface area (Å²) in [5.74, 6) is -1.23. The highest BCUT2D eigenvalue weighted by atomic mass is 16.5. The summed E-state index contributed by atoms with van der Waals surface area (Å²) in [7, 11) is 0. The van der Waals surface area contributed by atoms with Crippen LogP contribution in [0.4, 0.5) is 5.69 Å². The van der Waals surface area contributed by atoms with Crippen molar-refractivity contribution in [2.24, 2.45) is 0 Å². The van der Waals surface area contributed by atoms with Crippen molar-refractivity contribution in [2.75, 3.05) is 11.9 Å². The van der Waals surface area contributed by atoms with Gasteiger partial charge in [-0.05, 0) is 50.6 Å². The van der Waals surface area contributed by atoms with E-state index in [1.807, 2.05) is 48.7 Å². The minimum absolute atomic E-state index is 0.216. The van der Waals surface area contributed by atoms with Crippen LogP contribution < -0.4 is 5.32 Å². The molecule has 0 saturated carbocycles. The highest BCUT2D eigenvalue weighted by Gasteiger charge is 2.20. The van der Waals surface area contributed by atoms with Crippen LogP contribution in [0, 0.1) is 20.8 Å². The van der Waals surface area contributed by atoms with Gasteiger partial charge in [0.25, 0.3) is 0 Å². The van der Waals surface area contributed by atoms with Crippen molar-refractivity contribution in [3.05, 3.63) is 82.7 Å². The number of anilines is 1. The molecule has 0 radical (unpaired) electrons. The SMILES string of the molecule is CC(=O)Nc1c(C)cccc1C(=O)OCC(=O)c1cc(C)n(-c2ccccc2)c1C. The number of Topliss-reactive ketones (excluding diaryl/α,β-unsaturated/α-hetero) is 1. The van der Waals surface area contributed by atoms with Gasteiger partial charge in [-0.2, -0.15) is 0 Å². The molecule has 0 aliphatic heterocycles. The smallest absolute Gasteiger partial charge is 0.340 e.